The van der Waals surface area contributed by atoms with Gasteiger partial charge in [0.25, 0.3) is 5.91 Å². The maximum atomic E-state index is 13.4. The molecule has 0 bridgehead atoms. The van der Waals surface area contributed by atoms with Crippen molar-refractivity contribution in [3.05, 3.63) is 68.6 Å². The zero-order valence-corrected chi connectivity index (χ0v) is 16.9. The number of benzene rings is 2. The van der Waals surface area contributed by atoms with Crippen molar-refractivity contribution in [2.75, 3.05) is 13.2 Å². The van der Waals surface area contributed by atoms with Crippen LogP contribution in [-0.2, 0) is 0 Å². The highest BCUT2D eigenvalue weighted by Gasteiger charge is 2.36. The van der Waals surface area contributed by atoms with E-state index < -0.39 is 11.9 Å². The molecule has 1 amide bonds. The molecular formula is C23H23NO5. The van der Waals surface area contributed by atoms with Crippen molar-refractivity contribution in [2.45, 2.75) is 33.7 Å². The van der Waals surface area contributed by atoms with Crippen molar-refractivity contribution >= 4 is 16.9 Å². The molecule has 6 heteroatoms. The lowest BCUT2D eigenvalue weighted by Crippen LogP contribution is -2.22. The second kappa shape index (κ2) is 7.28. The Hall–Kier alpha value is -3.28. The number of hydrogen-bond acceptors (Lipinski definition) is 5. The highest BCUT2D eigenvalue weighted by molar-refractivity contribution is 5.99. The molecule has 0 saturated carbocycles. The van der Waals surface area contributed by atoms with Gasteiger partial charge in [0.15, 0.2) is 16.9 Å². The van der Waals surface area contributed by atoms with E-state index >= 15 is 0 Å². The molecule has 1 aliphatic heterocycles. The molecule has 0 aliphatic carbocycles. The Morgan fingerprint density at radius 3 is 2.45 bits per heavy atom. The Balaban J connectivity index is 1.90. The minimum atomic E-state index is -0.603. The lowest BCUT2D eigenvalue weighted by Gasteiger charge is -2.16. The molecule has 2 aromatic carbocycles. The molecule has 29 heavy (non-hydrogen) atoms. The molecule has 6 nitrogen and oxygen atoms in total. The second-order valence-electron chi connectivity index (χ2n) is 7.11. The Morgan fingerprint density at radius 1 is 1.00 bits per heavy atom. The highest BCUT2D eigenvalue weighted by Crippen LogP contribution is 2.36. The summed E-state index contributed by atoms with van der Waals surface area (Å²) in [6.07, 6.45) is 0. The molecule has 0 spiro atoms. The van der Waals surface area contributed by atoms with Gasteiger partial charge in [-0.05, 0) is 62.6 Å². The van der Waals surface area contributed by atoms with Crippen LogP contribution in [0.1, 0.15) is 52.7 Å². The van der Waals surface area contributed by atoms with Crippen LogP contribution in [0, 0.1) is 13.8 Å². The van der Waals surface area contributed by atoms with Crippen LogP contribution in [0.4, 0.5) is 0 Å². The predicted molar refractivity (Wildman–Crippen MR) is 110 cm³/mol. The maximum absolute atomic E-state index is 13.4. The smallest absolute Gasteiger partial charge is 0.288 e. The van der Waals surface area contributed by atoms with E-state index in [1.165, 1.54) is 0 Å². The third-order valence-corrected chi connectivity index (χ3v) is 5.04. The van der Waals surface area contributed by atoms with Gasteiger partial charge in [0, 0.05) is 0 Å². The van der Waals surface area contributed by atoms with E-state index in [1.807, 2.05) is 39.8 Å². The van der Waals surface area contributed by atoms with Crippen LogP contribution in [0.15, 0.2) is 39.5 Å². The van der Waals surface area contributed by atoms with Gasteiger partial charge in [-0.15, -0.1) is 0 Å². The Morgan fingerprint density at radius 2 is 1.72 bits per heavy atom. The molecule has 0 radical (unpaired) electrons. The molecule has 1 atom stereocenters. The van der Waals surface area contributed by atoms with Crippen LogP contribution < -0.4 is 20.2 Å². The standard InChI is InChI=1S/C23H23NO5/c1-5-27-15-8-7-14(11-16(15)28-6-2)20-19-21(25)18-13(4)9-12(3)10-17(18)29-22(19)23(26)24-20/h7-11,20H,5-6H2,1-4H3,(H,24,26). The Bertz CT molecular complexity index is 1180. The molecule has 1 N–H and O–H groups in total. The quantitative estimate of drug-likeness (QED) is 0.708. The average Bonchev–Trinajstić information content (AvgIpc) is 3.00. The molecule has 3 aromatic rings. The van der Waals surface area contributed by atoms with Crippen molar-refractivity contribution in [1.82, 2.24) is 5.32 Å². The summed E-state index contributed by atoms with van der Waals surface area (Å²) >= 11 is 0. The highest BCUT2D eigenvalue weighted by atomic mass is 16.5. The van der Waals surface area contributed by atoms with E-state index in [0.717, 1.165) is 16.7 Å². The minimum Gasteiger partial charge on any atom is -0.490 e. The van der Waals surface area contributed by atoms with Crippen molar-refractivity contribution in [1.29, 1.82) is 0 Å². The van der Waals surface area contributed by atoms with Crippen molar-refractivity contribution in [3.8, 4) is 11.5 Å². The lowest BCUT2D eigenvalue weighted by molar-refractivity contribution is 0.0938. The fourth-order valence-corrected chi connectivity index (χ4v) is 3.90. The van der Waals surface area contributed by atoms with E-state index in [4.69, 9.17) is 13.9 Å². The number of ether oxygens (including phenoxy) is 2. The Kier molecular flexibility index (Phi) is 4.78. The van der Waals surface area contributed by atoms with E-state index in [1.54, 1.807) is 18.2 Å². The molecule has 4 rings (SSSR count). The normalized spacial score (nSPS) is 15.3. The number of hydrogen-bond donors (Lipinski definition) is 1. The Labute approximate surface area is 168 Å². The first kappa shape index (κ1) is 19.1. The fourth-order valence-electron chi connectivity index (χ4n) is 3.90. The first-order valence-corrected chi connectivity index (χ1v) is 9.73. The largest absolute Gasteiger partial charge is 0.490 e. The molecule has 0 fully saturated rings. The zero-order chi connectivity index (χ0) is 20.7. The number of aryl methyl sites for hydroxylation is 2. The number of amides is 1. The van der Waals surface area contributed by atoms with Gasteiger partial charge in [-0.2, -0.15) is 0 Å². The van der Waals surface area contributed by atoms with Crippen LogP contribution in [0.2, 0.25) is 0 Å². The molecule has 2 heterocycles. The van der Waals surface area contributed by atoms with Gasteiger partial charge in [-0.1, -0.05) is 12.1 Å². The lowest BCUT2D eigenvalue weighted by atomic mass is 9.97. The maximum Gasteiger partial charge on any atom is 0.288 e. The van der Waals surface area contributed by atoms with Crippen LogP contribution in [0.3, 0.4) is 0 Å². The van der Waals surface area contributed by atoms with Crippen molar-refractivity contribution < 1.29 is 18.7 Å². The van der Waals surface area contributed by atoms with Gasteiger partial charge < -0.3 is 19.2 Å². The number of carbonyl (C=O) groups is 1. The molecule has 1 unspecified atom stereocenters. The number of rotatable bonds is 5. The third-order valence-electron chi connectivity index (χ3n) is 5.04. The topological polar surface area (TPSA) is 77.8 Å². The van der Waals surface area contributed by atoms with Gasteiger partial charge in [0.1, 0.15) is 5.58 Å². The molecular weight excluding hydrogens is 370 g/mol. The number of fused-ring (bicyclic) bond motifs is 2. The summed E-state index contributed by atoms with van der Waals surface area (Å²) in [5.74, 6) is 0.880. The zero-order valence-electron chi connectivity index (χ0n) is 16.9. The monoisotopic (exact) mass is 393 g/mol. The van der Waals surface area contributed by atoms with Crippen LogP contribution in [-0.4, -0.2) is 19.1 Å². The van der Waals surface area contributed by atoms with Gasteiger partial charge in [-0.25, -0.2) is 0 Å². The van der Waals surface area contributed by atoms with Crippen molar-refractivity contribution in [3.63, 3.8) is 0 Å². The van der Waals surface area contributed by atoms with Gasteiger partial charge >= 0.3 is 0 Å². The fraction of sp³-hybridized carbons (Fsp3) is 0.304. The number of nitrogens with one attached hydrogen (secondary N) is 1. The second-order valence-corrected chi connectivity index (χ2v) is 7.11. The summed E-state index contributed by atoms with van der Waals surface area (Å²) in [6, 6.07) is 8.56. The van der Waals surface area contributed by atoms with Gasteiger partial charge in [-0.3, -0.25) is 9.59 Å². The summed E-state index contributed by atoms with van der Waals surface area (Å²) < 4.78 is 17.2. The summed E-state index contributed by atoms with van der Waals surface area (Å²) in [5, 5.41) is 3.38. The molecule has 1 aliphatic rings. The molecule has 0 saturated heterocycles. The average molecular weight is 393 g/mol. The van der Waals surface area contributed by atoms with E-state index in [-0.39, 0.29) is 11.2 Å². The minimum absolute atomic E-state index is 0.0735. The molecule has 150 valence electrons. The summed E-state index contributed by atoms with van der Waals surface area (Å²) in [7, 11) is 0. The van der Waals surface area contributed by atoms with E-state index in [0.29, 0.717) is 41.2 Å². The molecule has 1 aromatic heterocycles. The van der Waals surface area contributed by atoms with Gasteiger partial charge in [0.2, 0.25) is 5.76 Å². The first-order valence-electron chi connectivity index (χ1n) is 9.73. The van der Waals surface area contributed by atoms with Gasteiger partial charge in [0.05, 0.1) is 30.2 Å². The number of carbonyl (C=O) groups excluding carboxylic acids is 1. The van der Waals surface area contributed by atoms with Crippen LogP contribution in [0.25, 0.3) is 11.0 Å². The van der Waals surface area contributed by atoms with Crippen LogP contribution in [0.5, 0.6) is 11.5 Å². The first-order chi connectivity index (χ1) is 13.9. The predicted octanol–water partition coefficient (Wildman–Crippen LogP) is 4.04. The van der Waals surface area contributed by atoms with E-state index in [9.17, 15) is 9.59 Å². The summed E-state index contributed by atoms with van der Waals surface area (Å²) in [6.45, 7) is 8.58. The third kappa shape index (κ3) is 3.14. The van der Waals surface area contributed by atoms with E-state index in [2.05, 4.69) is 5.32 Å². The summed E-state index contributed by atoms with van der Waals surface area (Å²) in [5.41, 5.74) is 3.12. The SMILES string of the molecule is CCOc1ccc(C2NC(=O)c3oc4cc(C)cc(C)c4c(=O)c32)cc1OCC. The van der Waals surface area contributed by atoms with Crippen LogP contribution >= 0.6 is 0 Å². The summed E-state index contributed by atoms with van der Waals surface area (Å²) in [4.78, 5) is 25.9. The van der Waals surface area contributed by atoms with Crippen molar-refractivity contribution in [2.24, 2.45) is 0 Å².